The molecule has 19 heavy (non-hydrogen) atoms. The highest BCUT2D eigenvalue weighted by atomic mass is 35.5. The molecule has 3 rings (SSSR count). The van der Waals surface area contributed by atoms with Crippen molar-refractivity contribution >= 4 is 24.0 Å². The quantitative estimate of drug-likeness (QED) is 0.785. The summed E-state index contributed by atoms with van der Waals surface area (Å²) in [6.07, 6.45) is 2.06. The van der Waals surface area contributed by atoms with E-state index in [4.69, 9.17) is 4.74 Å². The lowest BCUT2D eigenvalue weighted by molar-refractivity contribution is -0.116. The van der Waals surface area contributed by atoms with Gasteiger partial charge < -0.3 is 15.0 Å². The smallest absolute Gasteiger partial charge is 0.224 e. The largest absolute Gasteiger partial charge is 0.490 e. The molecule has 0 aromatic heterocycles. The number of hydrogen-bond donors (Lipinski definition) is 1. The van der Waals surface area contributed by atoms with E-state index in [1.807, 2.05) is 4.90 Å². The topological polar surface area (TPSA) is 41.6 Å². The molecule has 1 N–H and O–H groups in total. The maximum atomic E-state index is 11.7. The van der Waals surface area contributed by atoms with Crippen molar-refractivity contribution in [2.45, 2.75) is 19.8 Å². The Hall–Kier alpha value is -1.26. The molecule has 0 fully saturated rings. The van der Waals surface area contributed by atoms with E-state index in [1.165, 1.54) is 11.1 Å². The molecule has 0 atom stereocenters. The Kier molecular flexibility index (Phi) is 4.32. The third kappa shape index (κ3) is 2.69. The number of rotatable bonds is 0. The standard InChI is InChI=1S/C14H18N2O2.ClH/c1-10(17)16-6-7-18-14-9-12-3-5-15-4-2-11(12)8-13(14)16;/h8-9,15H,2-7H2,1H3;1H. The van der Waals surface area contributed by atoms with Gasteiger partial charge in [0.05, 0.1) is 12.2 Å². The van der Waals surface area contributed by atoms with E-state index in [9.17, 15) is 4.79 Å². The number of anilines is 1. The molecule has 0 saturated heterocycles. The molecular formula is C14H19ClN2O2. The molecule has 0 spiro atoms. The van der Waals surface area contributed by atoms with Crippen LogP contribution in [0.5, 0.6) is 5.75 Å². The first-order valence-corrected chi connectivity index (χ1v) is 6.53. The third-order valence-electron chi connectivity index (χ3n) is 3.67. The molecule has 5 heteroatoms. The van der Waals surface area contributed by atoms with E-state index < -0.39 is 0 Å². The van der Waals surface area contributed by atoms with Crippen molar-refractivity contribution in [1.29, 1.82) is 0 Å². The molecule has 4 nitrogen and oxygen atoms in total. The van der Waals surface area contributed by atoms with Crippen LogP contribution in [0.3, 0.4) is 0 Å². The van der Waals surface area contributed by atoms with Gasteiger partial charge in [0.1, 0.15) is 12.4 Å². The van der Waals surface area contributed by atoms with Crippen LogP contribution in [0.2, 0.25) is 0 Å². The Morgan fingerprint density at radius 2 is 1.95 bits per heavy atom. The SMILES string of the molecule is CC(=O)N1CCOc2cc3c(cc21)CCNCC3.Cl. The number of amides is 1. The molecule has 2 aliphatic heterocycles. The van der Waals surface area contributed by atoms with E-state index >= 15 is 0 Å². The molecule has 0 bridgehead atoms. The zero-order valence-electron chi connectivity index (χ0n) is 11.1. The number of carbonyl (C=O) groups excluding carboxylic acids is 1. The average molecular weight is 283 g/mol. The van der Waals surface area contributed by atoms with Crippen molar-refractivity contribution < 1.29 is 9.53 Å². The molecule has 0 saturated carbocycles. The number of halogens is 1. The van der Waals surface area contributed by atoms with Crippen LogP contribution >= 0.6 is 12.4 Å². The first-order chi connectivity index (χ1) is 8.75. The lowest BCUT2D eigenvalue weighted by Crippen LogP contribution is -2.36. The number of nitrogens with one attached hydrogen (secondary N) is 1. The minimum atomic E-state index is 0. The Bertz CT molecular complexity index is 491. The van der Waals surface area contributed by atoms with Crippen molar-refractivity contribution in [3.63, 3.8) is 0 Å². The first kappa shape index (κ1) is 14.2. The second-order valence-electron chi connectivity index (χ2n) is 4.86. The number of carbonyl (C=O) groups is 1. The Morgan fingerprint density at radius 1 is 1.26 bits per heavy atom. The Labute approximate surface area is 119 Å². The van der Waals surface area contributed by atoms with Crippen LogP contribution in [-0.2, 0) is 17.6 Å². The summed E-state index contributed by atoms with van der Waals surface area (Å²) >= 11 is 0. The summed E-state index contributed by atoms with van der Waals surface area (Å²) < 4.78 is 5.70. The van der Waals surface area contributed by atoms with Crippen LogP contribution in [0.25, 0.3) is 0 Å². The minimum absolute atomic E-state index is 0. The maximum Gasteiger partial charge on any atom is 0.224 e. The van der Waals surface area contributed by atoms with Gasteiger partial charge in [0, 0.05) is 6.92 Å². The fourth-order valence-corrected chi connectivity index (χ4v) is 2.71. The fourth-order valence-electron chi connectivity index (χ4n) is 2.71. The second kappa shape index (κ2) is 5.80. The molecule has 2 heterocycles. The summed E-state index contributed by atoms with van der Waals surface area (Å²) in [4.78, 5) is 13.5. The number of benzene rings is 1. The predicted molar refractivity (Wildman–Crippen MR) is 77.5 cm³/mol. The lowest BCUT2D eigenvalue weighted by Gasteiger charge is -2.29. The summed E-state index contributed by atoms with van der Waals surface area (Å²) in [6, 6.07) is 4.25. The van der Waals surface area contributed by atoms with E-state index in [0.717, 1.165) is 37.4 Å². The number of hydrogen-bond acceptors (Lipinski definition) is 3. The predicted octanol–water partition coefficient (Wildman–Crippen LogP) is 1.54. The average Bonchev–Trinajstić information content (AvgIpc) is 2.59. The van der Waals surface area contributed by atoms with Crippen molar-refractivity contribution in [2.75, 3.05) is 31.1 Å². The number of nitrogens with zero attached hydrogens (tertiary/aromatic N) is 1. The lowest BCUT2D eigenvalue weighted by atomic mass is 10.0. The van der Waals surface area contributed by atoms with E-state index in [-0.39, 0.29) is 18.3 Å². The van der Waals surface area contributed by atoms with Crippen molar-refractivity contribution in [1.82, 2.24) is 5.32 Å². The van der Waals surface area contributed by atoms with E-state index in [2.05, 4.69) is 17.4 Å². The summed E-state index contributed by atoms with van der Waals surface area (Å²) in [7, 11) is 0. The summed E-state index contributed by atoms with van der Waals surface area (Å²) in [5.74, 6) is 0.948. The molecule has 0 aliphatic carbocycles. The molecule has 1 aromatic carbocycles. The third-order valence-corrected chi connectivity index (χ3v) is 3.67. The molecule has 2 aliphatic rings. The van der Waals surface area contributed by atoms with Crippen LogP contribution in [0.1, 0.15) is 18.1 Å². The molecule has 0 unspecified atom stereocenters. The molecule has 0 radical (unpaired) electrons. The summed E-state index contributed by atoms with van der Waals surface area (Å²) in [5.41, 5.74) is 3.63. The monoisotopic (exact) mass is 282 g/mol. The highest BCUT2D eigenvalue weighted by molar-refractivity contribution is 5.93. The normalized spacial score (nSPS) is 17.4. The highest BCUT2D eigenvalue weighted by Crippen LogP contribution is 2.35. The number of fused-ring (bicyclic) bond motifs is 2. The minimum Gasteiger partial charge on any atom is -0.490 e. The van der Waals surface area contributed by atoms with Gasteiger partial charge in [-0.05, 0) is 49.2 Å². The van der Waals surface area contributed by atoms with E-state index in [1.54, 1.807) is 6.92 Å². The zero-order valence-corrected chi connectivity index (χ0v) is 11.9. The van der Waals surface area contributed by atoms with E-state index in [0.29, 0.717) is 13.2 Å². The maximum absolute atomic E-state index is 11.7. The van der Waals surface area contributed by atoms with Crippen LogP contribution < -0.4 is 15.0 Å². The summed E-state index contributed by atoms with van der Waals surface area (Å²) in [5, 5.41) is 3.40. The van der Waals surface area contributed by atoms with Crippen LogP contribution in [0, 0.1) is 0 Å². The van der Waals surface area contributed by atoms with Gasteiger partial charge in [0.2, 0.25) is 5.91 Å². The van der Waals surface area contributed by atoms with Gasteiger partial charge in [-0.3, -0.25) is 4.79 Å². The van der Waals surface area contributed by atoms with Crippen LogP contribution in [-0.4, -0.2) is 32.1 Å². The highest BCUT2D eigenvalue weighted by Gasteiger charge is 2.23. The number of ether oxygens (including phenoxy) is 1. The molecule has 1 amide bonds. The van der Waals surface area contributed by atoms with Gasteiger partial charge >= 0.3 is 0 Å². The molecular weight excluding hydrogens is 264 g/mol. The van der Waals surface area contributed by atoms with Gasteiger partial charge in [0.15, 0.2) is 0 Å². The van der Waals surface area contributed by atoms with Gasteiger partial charge in [0.25, 0.3) is 0 Å². The molecule has 1 aromatic rings. The van der Waals surface area contributed by atoms with Gasteiger partial charge in [-0.15, -0.1) is 12.4 Å². The van der Waals surface area contributed by atoms with Crippen molar-refractivity contribution in [2.24, 2.45) is 0 Å². The van der Waals surface area contributed by atoms with Crippen LogP contribution in [0.4, 0.5) is 5.69 Å². The van der Waals surface area contributed by atoms with Crippen molar-refractivity contribution in [3.8, 4) is 5.75 Å². The van der Waals surface area contributed by atoms with Gasteiger partial charge in [-0.2, -0.15) is 0 Å². The second-order valence-corrected chi connectivity index (χ2v) is 4.86. The first-order valence-electron chi connectivity index (χ1n) is 6.53. The van der Waals surface area contributed by atoms with Crippen LogP contribution in [0.15, 0.2) is 12.1 Å². The van der Waals surface area contributed by atoms with Gasteiger partial charge in [-0.1, -0.05) is 0 Å². The Morgan fingerprint density at radius 3 is 2.63 bits per heavy atom. The Balaban J connectivity index is 0.00000133. The van der Waals surface area contributed by atoms with Gasteiger partial charge in [-0.25, -0.2) is 0 Å². The van der Waals surface area contributed by atoms with Crippen molar-refractivity contribution in [3.05, 3.63) is 23.3 Å². The fraction of sp³-hybridized carbons (Fsp3) is 0.500. The molecule has 104 valence electrons. The zero-order chi connectivity index (χ0) is 12.5. The summed E-state index contributed by atoms with van der Waals surface area (Å²) in [6.45, 7) is 4.88.